The zero-order chi connectivity index (χ0) is 12.8. The maximum absolute atomic E-state index is 9.70. The molecular weight excluding hydrogens is 246 g/mol. The normalized spacial score (nSPS) is 35.4. The number of halogens is 1. The number of aromatic nitrogens is 1. The highest BCUT2D eigenvalue weighted by atomic mass is 35.5. The van der Waals surface area contributed by atoms with E-state index in [9.17, 15) is 5.26 Å². The fourth-order valence-electron chi connectivity index (χ4n) is 3.54. The van der Waals surface area contributed by atoms with Crippen molar-refractivity contribution in [2.45, 2.75) is 43.2 Å². The van der Waals surface area contributed by atoms with E-state index in [0.29, 0.717) is 17.1 Å². The van der Waals surface area contributed by atoms with Gasteiger partial charge in [0, 0.05) is 24.5 Å². The van der Waals surface area contributed by atoms with Crippen molar-refractivity contribution in [3.63, 3.8) is 0 Å². The van der Waals surface area contributed by atoms with Gasteiger partial charge in [-0.3, -0.25) is 4.98 Å². The van der Waals surface area contributed by atoms with Crippen LogP contribution in [-0.2, 0) is 5.41 Å². The highest BCUT2D eigenvalue weighted by molar-refractivity contribution is 6.30. The summed E-state index contributed by atoms with van der Waals surface area (Å²) in [5, 5.41) is 10.3. The lowest BCUT2D eigenvalue weighted by molar-refractivity contribution is 0.135. The van der Waals surface area contributed by atoms with E-state index in [1.54, 1.807) is 12.4 Å². The highest BCUT2D eigenvalue weighted by Crippen LogP contribution is 2.46. The van der Waals surface area contributed by atoms with Crippen LogP contribution in [0.5, 0.6) is 0 Å². The molecule has 0 saturated carbocycles. The molecule has 1 aromatic rings. The van der Waals surface area contributed by atoms with Gasteiger partial charge in [0.1, 0.15) is 0 Å². The summed E-state index contributed by atoms with van der Waals surface area (Å²) in [4.78, 5) is 6.58. The molecular formula is C14H16ClN3. The Balaban J connectivity index is 2.00. The van der Waals surface area contributed by atoms with Crippen molar-refractivity contribution in [2.24, 2.45) is 0 Å². The van der Waals surface area contributed by atoms with Crippen molar-refractivity contribution >= 4 is 11.6 Å². The minimum atomic E-state index is -0.393. The molecule has 0 aromatic carbocycles. The Morgan fingerprint density at radius 3 is 2.61 bits per heavy atom. The maximum atomic E-state index is 9.70. The van der Waals surface area contributed by atoms with E-state index in [1.165, 1.54) is 12.8 Å². The van der Waals surface area contributed by atoms with Crippen molar-refractivity contribution in [1.82, 2.24) is 9.88 Å². The lowest BCUT2D eigenvalue weighted by atomic mass is 9.72. The number of hydrogen-bond donors (Lipinski definition) is 0. The molecule has 18 heavy (non-hydrogen) atoms. The molecule has 2 unspecified atom stereocenters. The molecule has 1 aromatic heterocycles. The quantitative estimate of drug-likeness (QED) is 0.780. The van der Waals surface area contributed by atoms with Crippen LogP contribution in [0, 0.1) is 11.3 Å². The molecule has 3 rings (SSSR count). The maximum Gasteiger partial charge on any atom is 0.0867 e. The smallest absolute Gasteiger partial charge is 0.0867 e. The third-order valence-corrected chi connectivity index (χ3v) is 4.83. The summed E-state index contributed by atoms with van der Waals surface area (Å²) in [6.45, 7) is 0. The Hall–Kier alpha value is -1.11. The first kappa shape index (κ1) is 12.0. The molecule has 2 aliphatic heterocycles. The summed E-state index contributed by atoms with van der Waals surface area (Å²) in [5.74, 6) is 0. The molecule has 2 saturated heterocycles. The molecule has 2 fully saturated rings. The van der Waals surface area contributed by atoms with Crippen LogP contribution in [0.3, 0.4) is 0 Å². The Labute approximate surface area is 112 Å². The summed E-state index contributed by atoms with van der Waals surface area (Å²) < 4.78 is 0. The van der Waals surface area contributed by atoms with Crippen molar-refractivity contribution < 1.29 is 0 Å². The van der Waals surface area contributed by atoms with E-state index >= 15 is 0 Å². The first-order valence-electron chi connectivity index (χ1n) is 6.39. The van der Waals surface area contributed by atoms with Crippen LogP contribution in [0.1, 0.15) is 31.2 Å². The standard InChI is InChI=1S/C14H16ClN3/c1-18-12-2-3-13(18)6-14(5-12,9-16)10-4-11(15)8-17-7-10/h4,7-8,12-13H,2-3,5-6H2,1H3. The monoisotopic (exact) mass is 261 g/mol. The molecule has 0 amide bonds. The molecule has 3 heterocycles. The molecule has 0 aliphatic carbocycles. The Bertz CT molecular complexity index is 494. The predicted octanol–water partition coefficient (Wildman–Crippen LogP) is 2.75. The first-order chi connectivity index (χ1) is 8.64. The zero-order valence-corrected chi connectivity index (χ0v) is 11.2. The van der Waals surface area contributed by atoms with Crippen LogP contribution in [0.15, 0.2) is 18.5 Å². The van der Waals surface area contributed by atoms with Crippen LogP contribution < -0.4 is 0 Å². The molecule has 94 valence electrons. The highest BCUT2D eigenvalue weighted by Gasteiger charge is 2.48. The average molecular weight is 262 g/mol. The molecule has 0 radical (unpaired) electrons. The number of piperidine rings is 1. The molecule has 0 N–H and O–H groups in total. The lowest BCUT2D eigenvalue weighted by Crippen LogP contribution is -2.47. The van der Waals surface area contributed by atoms with E-state index in [-0.39, 0.29) is 0 Å². The van der Waals surface area contributed by atoms with E-state index in [1.807, 2.05) is 6.07 Å². The fourth-order valence-corrected chi connectivity index (χ4v) is 3.71. The number of rotatable bonds is 1. The minimum Gasteiger partial charge on any atom is -0.300 e. The molecule has 3 nitrogen and oxygen atoms in total. The molecule has 2 bridgehead atoms. The summed E-state index contributed by atoms with van der Waals surface area (Å²) in [6.07, 6.45) is 7.65. The predicted molar refractivity (Wildman–Crippen MR) is 70.3 cm³/mol. The van der Waals surface area contributed by atoms with Crippen molar-refractivity contribution in [3.8, 4) is 6.07 Å². The molecule has 4 heteroatoms. The summed E-state index contributed by atoms with van der Waals surface area (Å²) >= 11 is 6.02. The van der Waals surface area contributed by atoms with Gasteiger partial charge in [0.2, 0.25) is 0 Å². The van der Waals surface area contributed by atoms with Gasteiger partial charge in [-0.15, -0.1) is 0 Å². The number of pyridine rings is 1. The second-order valence-electron chi connectivity index (χ2n) is 5.54. The zero-order valence-electron chi connectivity index (χ0n) is 10.4. The summed E-state index contributed by atoms with van der Waals surface area (Å²) in [6, 6.07) is 5.52. The van der Waals surface area contributed by atoms with Gasteiger partial charge in [0.15, 0.2) is 0 Å². The van der Waals surface area contributed by atoms with Crippen LogP contribution in [0.25, 0.3) is 0 Å². The second kappa shape index (κ2) is 4.22. The topological polar surface area (TPSA) is 39.9 Å². The van der Waals surface area contributed by atoms with Gasteiger partial charge in [-0.05, 0) is 44.4 Å². The summed E-state index contributed by atoms with van der Waals surface area (Å²) in [5.41, 5.74) is 0.596. The van der Waals surface area contributed by atoms with Gasteiger partial charge < -0.3 is 4.90 Å². The van der Waals surface area contributed by atoms with Gasteiger partial charge in [-0.1, -0.05) is 11.6 Å². The van der Waals surface area contributed by atoms with Crippen molar-refractivity contribution in [3.05, 3.63) is 29.0 Å². The van der Waals surface area contributed by atoms with Crippen LogP contribution in [0.4, 0.5) is 0 Å². The molecule has 2 atom stereocenters. The second-order valence-corrected chi connectivity index (χ2v) is 5.98. The van der Waals surface area contributed by atoms with Gasteiger partial charge in [0.05, 0.1) is 16.5 Å². The third kappa shape index (κ3) is 1.72. The number of nitriles is 1. The summed E-state index contributed by atoms with van der Waals surface area (Å²) in [7, 11) is 2.18. The van der Waals surface area contributed by atoms with Gasteiger partial charge in [0.25, 0.3) is 0 Å². The first-order valence-corrected chi connectivity index (χ1v) is 6.77. The van der Waals surface area contributed by atoms with E-state index in [4.69, 9.17) is 11.6 Å². The minimum absolute atomic E-state index is 0.393. The SMILES string of the molecule is CN1C2CCC1CC(C#N)(c1cncc(Cl)c1)C2. The molecule has 0 spiro atoms. The number of nitrogens with zero attached hydrogens (tertiary/aromatic N) is 3. The van der Waals surface area contributed by atoms with Crippen LogP contribution in [0.2, 0.25) is 5.02 Å². The third-order valence-electron chi connectivity index (χ3n) is 4.62. The number of hydrogen-bond acceptors (Lipinski definition) is 3. The largest absolute Gasteiger partial charge is 0.300 e. The van der Waals surface area contributed by atoms with Crippen molar-refractivity contribution in [2.75, 3.05) is 7.05 Å². The Kier molecular flexibility index (Phi) is 2.80. The van der Waals surface area contributed by atoms with E-state index < -0.39 is 5.41 Å². The molecule has 2 aliphatic rings. The van der Waals surface area contributed by atoms with Gasteiger partial charge >= 0.3 is 0 Å². The van der Waals surface area contributed by atoms with E-state index in [2.05, 4.69) is 23.0 Å². The van der Waals surface area contributed by atoms with E-state index in [0.717, 1.165) is 18.4 Å². The Morgan fingerprint density at radius 1 is 1.39 bits per heavy atom. The Morgan fingerprint density at radius 2 is 2.06 bits per heavy atom. The number of fused-ring (bicyclic) bond motifs is 2. The average Bonchev–Trinajstić information content (AvgIpc) is 2.62. The van der Waals surface area contributed by atoms with Gasteiger partial charge in [-0.2, -0.15) is 5.26 Å². The van der Waals surface area contributed by atoms with Crippen molar-refractivity contribution in [1.29, 1.82) is 5.26 Å². The fraction of sp³-hybridized carbons (Fsp3) is 0.571. The van der Waals surface area contributed by atoms with Crippen LogP contribution in [-0.4, -0.2) is 29.0 Å². The van der Waals surface area contributed by atoms with Crippen LogP contribution >= 0.6 is 11.6 Å². The van der Waals surface area contributed by atoms with Gasteiger partial charge in [-0.25, -0.2) is 0 Å². The lowest BCUT2D eigenvalue weighted by Gasteiger charge is -2.41.